The summed E-state index contributed by atoms with van der Waals surface area (Å²) in [5, 5.41) is 14.6. The van der Waals surface area contributed by atoms with Crippen molar-refractivity contribution in [1.29, 1.82) is 0 Å². The maximum Gasteiger partial charge on any atom is 0.336 e. The number of thiazole rings is 1. The van der Waals surface area contributed by atoms with Crippen LogP contribution < -0.4 is 5.32 Å². The molecule has 0 aliphatic rings. The Morgan fingerprint density at radius 3 is 2.89 bits per heavy atom. The molecule has 0 radical (unpaired) electrons. The number of carboxylic acid groups (broad SMARTS) is 1. The van der Waals surface area contributed by atoms with E-state index in [1.165, 1.54) is 23.5 Å². The van der Waals surface area contributed by atoms with Crippen molar-refractivity contribution in [2.24, 2.45) is 0 Å². The van der Waals surface area contributed by atoms with Gasteiger partial charge in [-0.25, -0.2) is 14.2 Å². The zero-order valence-electron chi connectivity index (χ0n) is 9.91. The lowest BCUT2D eigenvalue weighted by Crippen LogP contribution is -2.05. The van der Waals surface area contributed by atoms with Crippen molar-refractivity contribution in [3.05, 3.63) is 44.1 Å². The molecule has 100 valence electrons. The molecule has 2 rings (SSSR count). The summed E-state index contributed by atoms with van der Waals surface area (Å²) in [6.45, 7) is 2.28. The fraction of sp³-hybridized carbons (Fsp3) is 0.167. The quantitative estimate of drug-likeness (QED) is 0.888. The number of nitrogens with zero attached hydrogens (tertiary/aromatic N) is 1. The number of rotatable bonds is 4. The Morgan fingerprint density at radius 2 is 2.32 bits per heavy atom. The topological polar surface area (TPSA) is 62.2 Å². The van der Waals surface area contributed by atoms with E-state index in [9.17, 15) is 9.18 Å². The number of aromatic nitrogens is 1. The summed E-state index contributed by atoms with van der Waals surface area (Å²) in [6, 6.07) is 2.76. The molecule has 2 aromatic rings. The number of aryl methyl sites for hydroxylation is 1. The fourth-order valence-corrected chi connectivity index (χ4v) is 2.65. The first kappa shape index (κ1) is 14.0. The maximum atomic E-state index is 13.9. The van der Waals surface area contributed by atoms with Crippen LogP contribution in [0.25, 0.3) is 0 Å². The van der Waals surface area contributed by atoms with E-state index in [0.29, 0.717) is 6.54 Å². The Morgan fingerprint density at radius 1 is 1.58 bits per heavy atom. The van der Waals surface area contributed by atoms with Crippen molar-refractivity contribution in [3.8, 4) is 0 Å². The van der Waals surface area contributed by atoms with Gasteiger partial charge in [-0.15, -0.1) is 11.3 Å². The molecule has 4 nitrogen and oxygen atoms in total. The van der Waals surface area contributed by atoms with Crippen molar-refractivity contribution in [2.75, 3.05) is 5.32 Å². The summed E-state index contributed by atoms with van der Waals surface area (Å²) < 4.78 is 13.9. The SMILES string of the molecule is Cc1nc(CNc2ccc(C(=O)O)c(Br)c2F)cs1. The number of benzene rings is 1. The molecule has 0 fully saturated rings. The van der Waals surface area contributed by atoms with Crippen LogP contribution in [-0.2, 0) is 6.54 Å². The van der Waals surface area contributed by atoms with Crippen molar-refractivity contribution in [2.45, 2.75) is 13.5 Å². The van der Waals surface area contributed by atoms with Crippen molar-refractivity contribution in [3.63, 3.8) is 0 Å². The van der Waals surface area contributed by atoms with Gasteiger partial charge >= 0.3 is 5.97 Å². The van der Waals surface area contributed by atoms with Gasteiger partial charge in [0.05, 0.1) is 33.0 Å². The summed E-state index contributed by atoms with van der Waals surface area (Å²) in [5.41, 5.74) is 0.954. The lowest BCUT2D eigenvalue weighted by atomic mass is 10.2. The summed E-state index contributed by atoms with van der Waals surface area (Å²) >= 11 is 4.47. The molecule has 0 spiro atoms. The Hall–Kier alpha value is -1.47. The van der Waals surface area contributed by atoms with Gasteiger partial charge in [-0.2, -0.15) is 0 Å². The molecule has 2 N–H and O–H groups in total. The highest BCUT2D eigenvalue weighted by molar-refractivity contribution is 9.10. The average molecular weight is 345 g/mol. The molecule has 0 aliphatic heterocycles. The molecule has 1 aromatic carbocycles. The number of carboxylic acids is 1. The summed E-state index contributed by atoms with van der Waals surface area (Å²) in [6.07, 6.45) is 0. The molecule has 0 saturated heterocycles. The molecule has 1 aromatic heterocycles. The van der Waals surface area contributed by atoms with Gasteiger partial charge in [0.1, 0.15) is 0 Å². The van der Waals surface area contributed by atoms with E-state index in [2.05, 4.69) is 26.2 Å². The van der Waals surface area contributed by atoms with Crippen LogP contribution in [0, 0.1) is 12.7 Å². The maximum absolute atomic E-state index is 13.9. The smallest absolute Gasteiger partial charge is 0.336 e. The van der Waals surface area contributed by atoms with Gasteiger partial charge in [-0.05, 0) is 35.0 Å². The van der Waals surface area contributed by atoms with Crippen LogP contribution >= 0.6 is 27.3 Å². The monoisotopic (exact) mass is 344 g/mol. The van der Waals surface area contributed by atoms with Crippen molar-refractivity contribution >= 4 is 38.9 Å². The van der Waals surface area contributed by atoms with Crippen LogP contribution in [0.5, 0.6) is 0 Å². The van der Waals surface area contributed by atoms with Gasteiger partial charge in [-0.3, -0.25) is 0 Å². The third-order valence-corrected chi connectivity index (χ3v) is 4.04. The highest BCUT2D eigenvalue weighted by Gasteiger charge is 2.15. The summed E-state index contributed by atoms with van der Waals surface area (Å²) in [5.74, 6) is -1.79. The second-order valence-electron chi connectivity index (χ2n) is 3.81. The Kier molecular flexibility index (Phi) is 4.16. The molecule has 0 atom stereocenters. The van der Waals surface area contributed by atoms with E-state index in [1.807, 2.05) is 12.3 Å². The van der Waals surface area contributed by atoms with Crippen molar-refractivity contribution < 1.29 is 14.3 Å². The lowest BCUT2D eigenvalue weighted by Gasteiger charge is -2.09. The van der Waals surface area contributed by atoms with E-state index in [4.69, 9.17) is 5.11 Å². The van der Waals surface area contributed by atoms with Gasteiger partial charge < -0.3 is 10.4 Å². The minimum absolute atomic E-state index is 0.0561. The second-order valence-corrected chi connectivity index (χ2v) is 5.66. The third-order valence-electron chi connectivity index (χ3n) is 2.44. The van der Waals surface area contributed by atoms with Gasteiger partial charge in [-0.1, -0.05) is 0 Å². The lowest BCUT2D eigenvalue weighted by molar-refractivity contribution is 0.0695. The van der Waals surface area contributed by atoms with E-state index in [-0.39, 0.29) is 15.7 Å². The van der Waals surface area contributed by atoms with Crippen LogP contribution in [-0.4, -0.2) is 16.1 Å². The number of anilines is 1. The Bertz CT molecular complexity index is 630. The number of halogens is 2. The van der Waals surface area contributed by atoms with E-state index >= 15 is 0 Å². The van der Waals surface area contributed by atoms with Gasteiger partial charge in [0.15, 0.2) is 5.82 Å². The van der Waals surface area contributed by atoms with E-state index < -0.39 is 11.8 Å². The summed E-state index contributed by atoms with van der Waals surface area (Å²) in [7, 11) is 0. The standard InChI is InChI=1S/C12H10BrFN2O2S/c1-6-16-7(5-19-6)4-15-9-3-2-8(12(17)18)10(13)11(9)14/h2-3,5,15H,4H2,1H3,(H,17,18). The molecule has 0 aliphatic carbocycles. The largest absolute Gasteiger partial charge is 0.478 e. The van der Waals surface area contributed by atoms with Crippen LogP contribution in [0.1, 0.15) is 21.1 Å². The number of carbonyl (C=O) groups is 1. The molecule has 1 heterocycles. The predicted octanol–water partition coefficient (Wildman–Crippen LogP) is 3.66. The van der Waals surface area contributed by atoms with Crippen LogP contribution in [0.4, 0.5) is 10.1 Å². The minimum atomic E-state index is -1.17. The minimum Gasteiger partial charge on any atom is -0.478 e. The first-order valence-corrected chi connectivity index (χ1v) is 7.02. The first-order chi connectivity index (χ1) is 8.99. The molecule has 0 bridgehead atoms. The van der Waals surface area contributed by atoms with E-state index in [0.717, 1.165) is 10.7 Å². The van der Waals surface area contributed by atoms with Crippen LogP contribution in [0.2, 0.25) is 0 Å². The predicted molar refractivity (Wildman–Crippen MR) is 75.2 cm³/mol. The molecule has 0 saturated carbocycles. The average Bonchev–Trinajstić information content (AvgIpc) is 2.76. The Balaban J connectivity index is 2.17. The van der Waals surface area contributed by atoms with Crippen LogP contribution in [0.3, 0.4) is 0 Å². The molecule has 0 amide bonds. The first-order valence-electron chi connectivity index (χ1n) is 5.35. The number of nitrogens with one attached hydrogen (secondary N) is 1. The van der Waals surface area contributed by atoms with Gasteiger partial charge in [0.2, 0.25) is 0 Å². The van der Waals surface area contributed by atoms with Crippen molar-refractivity contribution in [1.82, 2.24) is 4.98 Å². The zero-order chi connectivity index (χ0) is 14.0. The van der Waals surface area contributed by atoms with Gasteiger partial charge in [0, 0.05) is 5.38 Å². The molecular formula is C12H10BrFN2O2S. The Labute approximate surface area is 121 Å². The molecule has 7 heteroatoms. The zero-order valence-corrected chi connectivity index (χ0v) is 12.3. The number of aromatic carboxylic acids is 1. The highest BCUT2D eigenvalue weighted by atomic mass is 79.9. The van der Waals surface area contributed by atoms with E-state index in [1.54, 1.807) is 0 Å². The van der Waals surface area contributed by atoms with Crippen LogP contribution in [0.15, 0.2) is 22.0 Å². The highest BCUT2D eigenvalue weighted by Crippen LogP contribution is 2.27. The number of hydrogen-bond acceptors (Lipinski definition) is 4. The molecular weight excluding hydrogens is 335 g/mol. The normalized spacial score (nSPS) is 10.5. The summed E-state index contributed by atoms with van der Waals surface area (Å²) in [4.78, 5) is 15.1. The molecule has 0 unspecified atom stereocenters. The van der Waals surface area contributed by atoms with Gasteiger partial charge in [0.25, 0.3) is 0 Å². The fourth-order valence-electron chi connectivity index (χ4n) is 1.53. The molecule has 19 heavy (non-hydrogen) atoms. The third kappa shape index (κ3) is 3.10. The second kappa shape index (κ2) is 5.66. The number of hydrogen-bond donors (Lipinski definition) is 2.